The molecule has 0 aliphatic rings. The number of rotatable bonds is 0. The molecule has 0 aromatic rings. The van der Waals surface area contributed by atoms with Crippen molar-refractivity contribution in [2.24, 2.45) is 0 Å². The van der Waals surface area contributed by atoms with Gasteiger partial charge in [-0.25, -0.2) is 0 Å². The molecule has 0 unspecified atom stereocenters. The van der Waals surface area contributed by atoms with Crippen LogP contribution in [0.25, 0.3) is 0 Å². The molecule has 0 saturated carbocycles. The molecule has 31 heavy (non-hydrogen) atoms. The predicted molar refractivity (Wildman–Crippen MR) is 223 cm³/mol. The van der Waals surface area contributed by atoms with Crippen LogP contribution in [0.3, 0.4) is 0 Å². The third kappa shape index (κ3) is 301. The quantitative estimate of drug-likeness (QED) is 0.250. The van der Waals surface area contributed by atoms with E-state index >= 15 is 0 Å². The van der Waals surface area contributed by atoms with Crippen LogP contribution in [0.5, 0.6) is 0 Å². The van der Waals surface area contributed by atoms with E-state index in [1.54, 1.807) is 0 Å². The fraction of sp³-hybridized carbons (Fsp3) is 0. The van der Waals surface area contributed by atoms with Gasteiger partial charge in [0.1, 0.15) is 0 Å². The Kier molecular flexibility index (Phi) is 3380. The molecule has 0 nitrogen and oxygen atoms in total. The summed E-state index contributed by atoms with van der Waals surface area (Å²) in [6, 6.07) is 0. The molecular formula is H31Cl17Na14. The molecule has 0 aromatic heterocycles. The molecular weight excluding hydrogens is 925 g/mol. The van der Waals surface area contributed by atoms with Gasteiger partial charge in [0.2, 0.25) is 0 Å². The summed E-state index contributed by atoms with van der Waals surface area (Å²) < 4.78 is 0. The molecule has 0 aliphatic carbocycles. The molecule has 0 heterocycles. The zero-order valence-corrected chi connectivity index (χ0v) is 20.8. The second kappa shape index (κ2) is 314. The summed E-state index contributed by atoms with van der Waals surface area (Å²) in [5.41, 5.74) is 0. The van der Waals surface area contributed by atoms with Crippen molar-refractivity contribution in [3.05, 3.63) is 0 Å². The monoisotopic (exact) mass is 948 g/mol. The summed E-state index contributed by atoms with van der Waals surface area (Å²) in [5, 5.41) is 0. The number of hydrogen-bond donors (Lipinski definition) is 0. The van der Waals surface area contributed by atoms with Crippen LogP contribution in [-0.2, 0) is 0 Å². The maximum absolute atomic E-state index is 0. The minimum atomic E-state index is 0. The van der Waals surface area contributed by atoms with Crippen molar-refractivity contribution in [2.75, 3.05) is 0 Å². The zero-order valence-electron chi connectivity index (χ0n) is 6.94. The first kappa shape index (κ1) is 334. The molecule has 0 atom stereocenters. The molecule has 0 saturated heterocycles. The standard InChI is InChI=1S/17ClH.14Na.14H/h17*1H;;;;;;;;;;;;;;;;;;;;;;;;;;;;. The zero-order chi connectivity index (χ0) is 0. The van der Waals surface area contributed by atoms with Crippen molar-refractivity contribution in [3.8, 4) is 0 Å². The Balaban J connectivity index is 0. The van der Waals surface area contributed by atoms with E-state index in [1.165, 1.54) is 0 Å². The van der Waals surface area contributed by atoms with Crippen molar-refractivity contribution in [1.82, 2.24) is 0 Å². The average Bonchev–Trinajstić information content (AvgIpc) is 0. The summed E-state index contributed by atoms with van der Waals surface area (Å²) in [7, 11) is 0. The van der Waals surface area contributed by atoms with Crippen molar-refractivity contribution in [1.29, 1.82) is 0 Å². The van der Waals surface area contributed by atoms with Crippen molar-refractivity contribution >= 4 is 625 Å². The molecule has 0 aromatic carbocycles. The Morgan fingerprint density at radius 3 is 0.0645 bits per heavy atom. The van der Waals surface area contributed by atoms with Crippen LogP contribution >= 0.6 is 211 Å². The Morgan fingerprint density at radius 1 is 0.0645 bits per heavy atom. The van der Waals surface area contributed by atoms with Gasteiger partial charge in [-0.3, -0.25) is 0 Å². The fourth-order valence-electron chi connectivity index (χ4n) is 0. The first-order chi connectivity index (χ1) is 0. The molecule has 31 heteroatoms. The summed E-state index contributed by atoms with van der Waals surface area (Å²) >= 11 is 0. The molecule has 0 rings (SSSR count). The van der Waals surface area contributed by atoms with Crippen LogP contribution in [0.15, 0.2) is 0 Å². The third-order valence-electron chi connectivity index (χ3n) is 0. The van der Waals surface area contributed by atoms with Gasteiger partial charge < -0.3 is 0 Å². The Bertz CT molecular complexity index is 30.8. The Morgan fingerprint density at radius 2 is 0.0645 bits per heavy atom. The summed E-state index contributed by atoms with van der Waals surface area (Å²) in [6.07, 6.45) is 0. The molecule has 164 valence electrons. The minimum absolute atomic E-state index is 0. The van der Waals surface area contributed by atoms with Crippen LogP contribution in [0, 0.1) is 0 Å². The van der Waals surface area contributed by atoms with E-state index in [2.05, 4.69) is 0 Å². The van der Waals surface area contributed by atoms with Crippen LogP contribution in [0.1, 0.15) is 0 Å². The van der Waals surface area contributed by atoms with E-state index < -0.39 is 0 Å². The number of hydrogen-bond acceptors (Lipinski definition) is 0. The van der Waals surface area contributed by atoms with E-state index in [9.17, 15) is 0 Å². The Hall–Kier alpha value is 18.9. The molecule has 0 N–H and O–H groups in total. The van der Waals surface area contributed by atoms with Gasteiger partial charge in [0.15, 0.2) is 0 Å². The fourth-order valence-corrected chi connectivity index (χ4v) is 0. The van der Waals surface area contributed by atoms with Crippen LogP contribution in [-0.4, -0.2) is 414 Å². The van der Waals surface area contributed by atoms with Gasteiger partial charge in [0, 0.05) is 0 Å². The molecule has 0 aliphatic heterocycles. The van der Waals surface area contributed by atoms with Gasteiger partial charge in [-0.2, -0.15) is 0 Å². The van der Waals surface area contributed by atoms with E-state index in [4.69, 9.17) is 0 Å². The predicted octanol–water partition coefficient (Wildman–Crippen LogP) is -1.91. The van der Waals surface area contributed by atoms with Gasteiger partial charge in [-0.15, -0.1) is 211 Å². The molecule has 0 spiro atoms. The molecule has 0 bridgehead atoms. The normalized spacial score (nSPS) is 0. The summed E-state index contributed by atoms with van der Waals surface area (Å²) in [4.78, 5) is 0. The van der Waals surface area contributed by atoms with Gasteiger partial charge in [-0.1, -0.05) is 0 Å². The summed E-state index contributed by atoms with van der Waals surface area (Å²) in [5.74, 6) is 0. The van der Waals surface area contributed by atoms with Crippen molar-refractivity contribution in [2.45, 2.75) is 0 Å². The van der Waals surface area contributed by atoms with Gasteiger partial charge in [-0.05, 0) is 0 Å². The maximum atomic E-state index is 0. The average molecular weight is 956 g/mol. The van der Waals surface area contributed by atoms with Crippen molar-refractivity contribution in [3.63, 3.8) is 0 Å². The molecule has 0 fully saturated rings. The van der Waals surface area contributed by atoms with E-state index in [0.717, 1.165) is 0 Å². The summed E-state index contributed by atoms with van der Waals surface area (Å²) in [6.45, 7) is 0. The second-order valence-corrected chi connectivity index (χ2v) is 0. The molecule has 0 radical (unpaired) electrons. The van der Waals surface area contributed by atoms with E-state index in [1.807, 2.05) is 0 Å². The van der Waals surface area contributed by atoms with Gasteiger partial charge >= 0.3 is 414 Å². The van der Waals surface area contributed by atoms with E-state index in [0.29, 0.717) is 0 Å². The van der Waals surface area contributed by atoms with Crippen LogP contribution in [0.2, 0.25) is 0 Å². The first-order valence-electron chi connectivity index (χ1n) is 0. The van der Waals surface area contributed by atoms with Gasteiger partial charge in [0.25, 0.3) is 0 Å². The van der Waals surface area contributed by atoms with E-state index in [-0.39, 0.29) is 625 Å². The van der Waals surface area contributed by atoms with Gasteiger partial charge in [0.05, 0.1) is 0 Å². The third-order valence-corrected chi connectivity index (χ3v) is 0. The second-order valence-electron chi connectivity index (χ2n) is 0. The molecule has 0 amide bonds. The van der Waals surface area contributed by atoms with Crippen LogP contribution < -0.4 is 0 Å². The SMILES string of the molecule is Cl.Cl.Cl.Cl.Cl.Cl.Cl.Cl.Cl.Cl.Cl.Cl.Cl.Cl.Cl.Cl.Cl.[NaH].[NaH].[NaH].[NaH].[NaH].[NaH].[NaH].[NaH].[NaH].[NaH].[NaH].[NaH].[NaH].[NaH]. The topological polar surface area (TPSA) is 0 Å². The number of halogens is 17. The Labute approximate surface area is 606 Å². The van der Waals surface area contributed by atoms with Crippen molar-refractivity contribution < 1.29 is 0 Å². The first-order valence-corrected chi connectivity index (χ1v) is 0. The van der Waals surface area contributed by atoms with Crippen LogP contribution in [0.4, 0.5) is 0 Å².